The highest BCUT2D eigenvalue weighted by molar-refractivity contribution is 6.44. The summed E-state index contributed by atoms with van der Waals surface area (Å²) in [6, 6.07) is 9.28. The van der Waals surface area contributed by atoms with Gasteiger partial charge < -0.3 is 15.0 Å². The number of nitrogens with one attached hydrogen (secondary N) is 1. The van der Waals surface area contributed by atoms with Crippen LogP contribution in [0.5, 0.6) is 0 Å². The SMILES string of the molecule is O=C(Nc1ccc(N2CCOCC2)c([N+](=O)[O-])c1)c1cccc(Cl)c1Cl. The van der Waals surface area contributed by atoms with Gasteiger partial charge in [0.2, 0.25) is 0 Å². The average Bonchev–Trinajstić information content (AvgIpc) is 2.64. The molecule has 0 unspecified atom stereocenters. The van der Waals surface area contributed by atoms with Crippen LogP contribution in [0.1, 0.15) is 10.4 Å². The van der Waals surface area contributed by atoms with Gasteiger partial charge in [-0.1, -0.05) is 29.3 Å². The molecule has 0 bridgehead atoms. The van der Waals surface area contributed by atoms with E-state index in [0.29, 0.717) is 37.7 Å². The van der Waals surface area contributed by atoms with E-state index in [-0.39, 0.29) is 21.3 Å². The molecule has 1 saturated heterocycles. The van der Waals surface area contributed by atoms with Crippen LogP contribution in [0, 0.1) is 10.1 Å². The van der Waals surface area contributed by atoms with Gasteiger partial charge in [-0.2, -0.15) is 0 Å². The summed E-state index contributed by atoms with van der Waals surface area (Å²) in [5, 5.41) is 14.5. The topological polar surface area (TPSA) is 84.7 Å². The van der Waals surface area contributed by atoms with Crippen molar-refractivity contribution in [1.29, 1.82) is 0 Å². The Morgan fingerprint density at radius 3 is 2.62 bits per heavy atom. The predicted octanol–water partition coefficient (Wildman–Crippen LogP) is 3.99. The highest BCUT2D eigenvalue weighted by Gasteiger charge is 2.22. The molecule has 1 heterocycles. The first kappa shape index (κ1) is 18.4. The Hall–Kier alpha value is -2.35. The molecule has 1 aliphatic heterocycles. The Morgan fingerprint density at radius 2 is 1.92 bits per heavy atom. The van der Waals surface area contributed by atoms with E-state index in [0.717, 1.165) is 0 Å². The van der Waals surface area contributed by atoms with Crippen molar-refractivity contribution >= 4 is 46.2 Å². The van der Waals surface area contributed by atoms with Crippen LogP contribution in [0.3, 0.4) is 0 Å². The number of anilines is 2. The van der Waals surface area contributed by atoms with E-state index >= 15 is 0 Å². The van der Waals surface area contributed by atoms with E-state index in [4.69, 9.17) is 27.9 Å². The molecule has 7 nitrogen and oxygen atoms in total. The van der Waals surface area contributed by atoms with Crippen LogP contribution in [0.4, 0.5) is 17.1 Å². The lowest BCUT2D eigenvalue weighted by molar-refractivity contribution is -0.384. The van der Waals surface area contributed by atoms with Crippen LogP contribution in [0.2, 0.25) is 10.0 Å². The van der Waals surface area contributed by atoms with E-state index in [2.05, 4.69) is 5.32 Å². The summed E-state index contributed by atoms with van der Waals surface area (Å²) in [5.41, 5.74) is 0.910. The number of rotatable bonds is 4. The second-order valence-corrected chi connectivity index (χ2v) is 6.40. The standard InChI is InChI=1S/C17H15Cl2N3O4/c18-13-3-1-2-12(16(13)19)17(23)20-11-4-5-14(15(10-11)22(24)25)21-6-8-26-9-7-21/h1-5,10H,6-9H2,(H,20,23). The third kappa shape index (κ3) is 3.90. The van der Waals surface area contributed by atoms with Crippen molar-refractivity contribution in [3.63, 3.8) is 0 Å². The van der Waals surface area contributed by atoms with Gasteiger partial charge >= 0.3 is 0 Å². The summed E-state index contributed by atoms with van der Waals surface area (Å²) < 4.78 is 5.28. The van der Waals surface area contributed by atoms with Gasteiger partial charge in [-0.15, -0.1) is 0 Å². The Morgan fingerprint density at radius 1 is 1.19 bits per heavy atom. The van der Waals surface area contributed by atoms with Crippen molar-refractivity contribution in [3.8, 4) is 0 Å². The number of nitrogens with zero attached hydrogens (tertiary/aromatic N) is 2. The summed E-state index contributed by atoms with van der Waals surface area (Å²) in [4.78, 5) is 25.3. The normalized spacial score (nSPS) is 14.2. The zero-order chi connectivity index (χ0) is 18.7. The molecule has 1 aliphatic rings. The molecule has 3 rings (SSSR count). The van der Waals surface area contributed by atoms with Crippen molar-refractivity contribution in [2.45, 2.75) is 0 Å². The second kappa shape index (κ2) is 7.90. The lowest BCUT2D eigenvalue weighted by Gasteiger charge is -2.28. The summed E-state index contributed by atoms with van der Waals surface area (Å²) in [6.07, 6.45) is 0. The summed E-state index contributed by atoms with van der Waals surface area (Å²) >= 11 is 12.0. The van der Waals surface area contributed by atoms with Crippen molar-refractivity contribution in [3.05, 3.63) is 62.1 Å². The molecule has 9 heteroatoms. The van der Waals surface area contributed by atoms with Gasteiger partial charge in [0.25, 0.3) is 11.6 Å². The van der Waals surface area contributed by atoms with Crippen molar-refractivity contribution < 1.29 is 14.5 Å². The minimum absolute atomic E-state index is 0.0816. The van der Waals surface area contributed by atoms with Gasteiger partial charge in [-0.25, -0.2) is 0 Å². The smallest absolute Gasteiger partial charge is 0.294 e. The molecule has 1 amide bonds. The summed E-state index contributed by atoms with van der Waals surface area (Å²) in [6.45, 7) is 2.18. The molecule has 0 radical (unpaired) electrons. The van der Waals surface area contributed by atoms with E-state index in [1.54, 1.807) is 24.3 Å². The first-order valence-corrected chi connectivity index (χ1v) is 8.59. The van der Waals surface area contributed by atoms with Gasteiger partial charge in [0.1, 0.15) is 5.69 Å². The number of morpholine rings is 1. The van der Waals surface area contributed by atoms with Crippen molar-refractivity contribution in [2.24, 2.45) is 0 Å². The molecule has 1 N–H and O–H groups in total. The van der Waals surface area contributed by atoms with Crippen LogP contribution in [-0.2, 0) is 4.74 Å². The Kier molecular flexibility index (Phi) is 5.61. The molecule has 0 atom stereocenters. The molecule has 0 saturated carbocycles. The maximum Gasteiger partial charge on any atom is 0.294 e. The van der Waals surface area contributed by atoms with Gasteiger partial charge in [0, 0.05) is 24.8 Å². The first-order chi connectivity index (χ1) is 12.5. The van der Waals surface area contributed by atoms with Crippen LogP contribution < -0.4 is 10.2 Å². The Labute approximate surface area is 159 Å². The summed E-state index contributed by atoms with van der Waals surface area (Å²) in [5.74, 6) is -0.495. The van der Waals surface area contributed by atoms with Gasteiger partial charge in [-0.3, -0.25) is 14.9 Å². The van der Waals surface area contributed by atoms with Gasteiger partial charge in [0.05, 0.1) is 33.7 Å². The Bertz CT molecular complexity index is 854. The molecule has 2 aromatic rings. The second-order valence-electron chi connectivity index (χ2n) is 5.62. The van der Waals surface area contributed by atoms with Crippen LogP contribution >= 0.6 is 23.2 Å². The molecule has 26 heavy (non-hydrogen) atoms. The zero-order valence-electron chi connectivity index (χ0n) is 13.6. The van der Waals surface area contributed by atoms with E-state index in [1.807, 2.05) is 4.90 Å². The van der Waals surface area contributed by atoms with Crippen LogP contribution in [0.15, 0.2) is 36.4 Å². The fraction of sp³-hybridized carbons (Fsp3) is 0.235. The first-order valence-electron chi connectivity index (χ1n) is 7.84. The third-order valence-electron chi connectivity index (χ3n) is 3.98. The number of carbonyl (C=O) groups excluding carboxylic acids is 1. The number of amides is 1. The maximum atomic E-state index is 12.4. The minimum Gasteiger partial charge on any atom is -0.378 e. The third-order valence-corrected chi connectivity index (χ3v) is 4.80. The monoisotopic (exact) mass is 395 g/mol. The van der Waals surface area contributed by atoms with Gasteiger partial charge in [0.15, 0.2) is 0 Å². The molecule has 0 spiro atoms. The number of hydrogen-bond acceptors (Lipinski definition) is 5. The van der Waals surface area contributed by atoms with Crippen LogP contribution in [0.25, 0.3) is 0 Å². The average molecular weight is 396 g/mol. The van der Waals surface area contributed by atoms with Crippen molar-refractivity contribution in [1.82, 2.24) is 0 Å². The number of carbonyl (C=O) groups is 1. The molecular weight excluding hydrogens is 381 g/mol. The number of nitro groups is 1. The molecule has 1 fully saturated rings. The summed E-state index contributed by atoms with van der Waals surface area (Å²) in [7, 11) is 0. The fourth-order valence-electron chi connectivity index (χ4n) is 2.70. The number of nitro benzene ring substituents is 1. The predicted molar refractivity (Wildman–Crippen MR) is 101 cm³/mol. The quantitative estimate of drug-likeness (QED) is 0.624. The fourth-order valence-corrected chi connectivity index (χ4v) is 3.08. The number of hydrogen-bond donors (Lipinski definition) is 1. The van der Waals surface area contributed by atoms with Crippen molar-refractivity contribution in [2.75, 3.05) is 36.5 Å². The maximum absolute atomic E-state index is 12.4. The number of halogens is 2. The molecule has 2 aromatic carbocycles. The van der Waals surface area contributed by atoms with Gasteiger partial charge in [-0.05, 0) is 24.3 Å². The molecular formula is C17H15Cl2N3O4. The van der Waals surface area contributed by atoms with E-state index < -0.39 is 10.8 Å². The van der Waals surface area contributed by atoms with E-state index in [1.165, 1.54) is 12.1 Å². The largest absolute Gasteiger partial charge is 0.378 e. The van der Waals surface area contributed by atoms with E-state index in [9.17, 15) is 14.9 Å². The highest BCUT2D eigenvalue weighted by Crippen LogP contribution is 2.32. The van der Waals surface area contributed by atoms with Crippen LogP contribution in [-0.4, -0.2) is 37.1 Å². The Balaban J connectivity index is 1.86. The molecule has 0 aliphatic carbocycles. The number of benzene rings is 2. The molecule has 0 aromatic heterocycles. The molecule has 136 valence electrons. The lowest BCUT2D eigenvalue weighted by Crippen LogP contribution is -2.36. The number of ether oxygens (including phenoxy) is 1. The highest BCUT2D eigenvalue weighted by atomic mass is 35.5. The lowest BCUT2D eigenvalue weighted by atomic mass is 10.1. The minimum atomic E-state index is -0.495. The zero-order valence-corrected chi connectivity index (χ0v) is 15.1.